The van der Waals surface area contributed by atoms with Gasteiger partial charge >= 0.3 is 0 Å². The van der Waals surface area contributed by atoms with Crippen LogP contribution in [0.5, 0.6) is 0 Å². The normalized spacial score (nSPS) is 26.7. The Morgan fingerprint density at radius 2 is 2.20 bits per heavy atom. The maximum atomic E-state index is 4.70. The first-order chi connectivity index (χ1) is 9.32. The molecule has 0 aromatic carbocycles. The first-order valence-electron chi connectivity index (χ1n) is 7.74. The minimum Gasteiger partial charge on any atom is -0.311 e. The van der Waals surface area contributed by atoms with E-state index in [1.807, 2.05) is 0 Å². The van der Waals surface area contributed by atoms with Crippen molar-refractivity contribution in [1.82, 2.24) is 15.2 Å². The molecule has 1 saturated heterocycles. The lowest BCUT2D eigenvalue weighted by Gasteiger charge is -2.47. The van der Waals surface area contributed by atoms with Gasteiger partial charge in [0, 0.05) is 36.2 Å². The minimum absolute atomic E-state index is 0.301. The van der Waals surface area contributed by atoms with Crippen LogP contribution in [0.2, 0.25) is 0 Å². The van der Waals surface area contributed by atoms with E-state index in [2.05, 4.69) is 57.1 Å². The minimum atomic E-state index is 0.301. The molecule has 114 valence electrons. The molecule has 20 heavy (non-hydrogen) atoms. The van der Waals surface area contributed by atoms with Crippen LogP contribution in [0.1, 0.15) is 57.8 Å². The van der Waals surface area contributed by atoms with Gasteiger partial charge in [-0.2, -0.15) is 0 Å². The molecule has 3 nitrogen and oxygen atoms in total. The van der Waals surface area contributed by atoms with Crippen molar-refractivity contribution in [1.29, 1.82) is 0 Å². The molecule has 0 bridgehead atoms. The molecule has 1 N–H and O–H groups in total. The molecular weight excluding hydrogens is 266 g/mol. The Kier molecular flexibility index (Phi) is 4.88. The van der Waals surface area contributed by atoms with Gasteiger partial charge in [-0.25, -0.2) is 4.98 Å². The molecule has 0 radical (unpaired) electrons. The summed E-state index contributed by atoms with van der Waals surface area (Å²) in [6, 6.07) is 1.59. The summed E-state index contributed by atoms with van der Waals surface area (Å²) < 4.78 is 0. The number of hydrogen-bond acceptors (Lipinski definition) is 4. The Morgan fingerprint density at radius 1 is 1.50 bits per heavy atom. The molecule has 2 rings (SSSR count). The van der Waals surface area contributed by atoms with E-state index in [0.29, 0.717) is 23.5 Å². The van der Waals surface area contributed by atoms with E-state index in [1.54, 1.807) is 11.3 Å². The van der Waals surface area contributed by atoms with Crippen molar-refractivity contribution in [2.45, 2.75) is 66.1 Å². The molecule has 1 aliphatic rings. The van der Waals surface area contributed by atoms with Crippen molar-refractivity contribution >= 4 is 11.3 Å². The number of aromatic nitrogens is 1. The van der Waals surface area contributed by atoms with Gasteiger partial charge in [-0.15, -0.1) is 11.3 Å². The molecule has 1 aromatic heterocycles. The summed E-state index contributed by atoms with van der Waals surface area (Å²) in [5.41, 5.74) is 1.45. The molecule has 2 heterocycles. The zero-order valence-electron chi connectivity index (χ0n) is 13.7. The first kappa shape index (κ1) is 15.9. The van der Waals surface area contributed by atoms with E-state index in [0.717, 1.165) is 18.8 Å². The second kappa shape index (κ2) is 6.12. The van der Waals surface area contributed by atoms with Crippen LogP contribution in [0.15, 0.2) is 5.38 Å². The van der Waals surface area contributed by atoms with E-state index >= 15 is 0 Å². The fraction of sp³-hybridized carbons (Fsp3) is 0.812. The average molecular weight is 295 g/mol. The lowest BCUT2D eigenvalue weighted by atomic mass is 9.84. The molecule has 1 fully saturated rings. The topological polar surface area (TPSA) is 28.2 Å². The van der Waals surface area contributed by atoms with Gasteiger partial charge in [0.2, 0.25) is 0 Å². The highest BCUT2D eigenvalue weighted by molar-refractivity contribution is 7.09. The van der Waals surface area contributed by atoms with Crippen LogP contribution >= 0.6 is 11.3 Å². The van der Waals surface area contributed by atoms with E-state index in [9.17, 15) is 0 Å². The van der Waals surface area contributed by atoms with E-state index in [-0.39, 0.29) is 0 Å². The van der Waals surface area contributed by atoms with E-state index < -0.39 is 0 Å². The van der Waals surface area contributed by atoms with Crippen LogP contribution < -0.4 is 5.32 Å². The van der Waals surface area contributed by atoms with Gasteiger partial charge in [-0.05, 0) is 25.7 Å². The Balaban J connectivity index is 2.16. The van der Waals surface area contributed by atoms with Crippen molar-refractivity contribution in [3.63, 3.8) is 0 Å². The Hall–Kier alpha value is -0.450. The van der Waals surface area contributed by atoms with Gasteiger partial charge in [-0.1, -0.05) is 27.7 Å². The maximum Gasteiger partial charge on any atom is 0.110 e. The predicted molar refractivity (Wildman–Crippen MR) is 87.3 cm³/mol. The summed E-state index contributed by atoms with van der Waals surface area (Å²) in [5, 5.41) is 7.17. The third-order valence-corrected chi connectivity index (χ3v) is 5.60. The van der Waals surface area contributed by atoms with Crippen LogP contribution in [-0.2, 0) is 0 Å². The second-order valence-corrected chi connectivity index (χ2v) is 7.98. The van der Waals surface area contributed by atoms with Gasteiger partial charge in [-0.3, -0.25) is 4.90 Å². The lowest BCUT2D eigenvalue weighted by molar-refractivity contribution is 0.0529. The summed E-state index contributed by atoms with van der Waals surface area (Å²) >= 11 is 1.80. The van der Waals surface area contributed by atoms with E-state index in [4.69, 9.17) is 4.98 Å². The van der Waals surface area contributed by atoms with Gasteiger partial charge < -0.3 is 5.32 Å². The lowest BCUT2D eigenvalue weighted by Crippen LogP contribution is -2.60. The summed E-state index contributed by atoms with van der Waals surface area (Å²) in [6.07, 6.45) is 1.19. The standard InChI is InChI=1S/C16H29N3S/c1-7-13-8-17-14(16(4,5)6)9-19(13)12(3)15-18-11(2)10-20-15/h10,12-14,17H,7-9H2,1-6H3. The third kappa shape index (κ3) is 3.41. The van der Waals surface area contributed by atoms with Gasteiger partial charge in [0.15, 0.2) is 0 Å². The fourth-order valence-corrected chi connectivity index (χ4v) is 3.83. The zero-order chi connectivity index (χ0) is 14.9. The van der Waals surface area contributed by atoms with Gasteiger partial charge in [0.05, 0.1) is 6.04 Å². The summed E-state index contributed by atoms with van der Waals surface area (Å²) in [7, 11) is 0. The monoisotopic (exact) mass is 295 g/mol. The average Bonchev–Trinajstić information content (AvgIpc) is 2.82. The first-order valence-corrected chi connectivity index (χ1v) is 8.62. The van der Waals surface area contributed by atoms with Crippen molar-refractivity contribution in [2.75, 3.05) is 13.1 Å². The quantitative estimate of drug-likeness (QED) is 0.923. The molecule has 3 atom stereocenters. The number of piperazine rings is 1. The number of aryl methyl sites for hydroxylation is 1. The van der Waals surface area contributed by atoms with Crippen LogP contribution in [0.3, 0.4) is 0 Å². The highest BCUT2D eigenvalue weighted by atomic mass is 32.1. The number of thiazole rings is 1. The van der Waals surface area contributed by atoms with Crippen LogP contribution in [0.25, 0.3) is 0 Å². The molecular formula is C16H29N3S. The smallest absolute Gasteiger partial charge is 0.110 e. The number of hydrogen-bond donors (Lipinski definition) is 1. The molecule has 4 heteroatoms. The van der Waals surface area contributed by atoms with Crippen LogP contribution in [0.4, 0.5) is 0 Å². The number of nitrogens with zero attached hydrogens (tertiary/aromatic N) is 2. The van der Waals surface area contributed by atoms with Crippen molar-refractivity contribution < 1.29 is 0 Å². The maximum absolute atomic E-state index is 4.70. The fourth-order valence-electron chi connectivity index (χ4n) is 2.96. The van der Waals surface area contributed by atoms with Crippen LogP contribution in [0, 0.1) is 12.3 Å². The highest BCUT2D eigenvalue weighted by Crippen LogP contribution is 2.31. The predicted octanol–water partition coefficient (Wildman–Crippen LogP) is 3.61. The molecule has 1 aliphatic heterocycles. The zero-order valence-corrected chi connectivity index (χ0v) is 14.5. The molecule has 1 aromatic rings. The van der Waals surface area contributed by atoms with Crippen molar-refractivity contribution in [3.8, 4) is 0 Å². The molecule has 0 spiro atoms. The molecule has 0 amide bonds. The van der Waals surface area contributed by atoms with Crippen LogP contribution in [-0.4, -0.2) is 35.1 Å². The summed E-state index contributed by atoms with van der Waals surface area (Å²) in [4.78, 5) is 7.36. The summed E-state index contributed by atoms with van der Waals surface area (Å²) in [5.74, 6) is 0. The van der Waals surface area contributed by atoms with E-state index in [1.165, 1.54) is 11.4 Å². The van der Waals surface area contributed by atoms with Crippen molar-refractivity contribution in [2.24, 2.45) is 5.41 Å². The summed E-state index contributed by atoms with van der Waals surface area (Å²) in [6.45, 7) is 15.9. The Bertz CT molecular complexity index is 435. The molecule has 0 saturated carbocycles. The SMILES string of the molecule is CCC1CNC(C(C)(C)C)CN1C(C)c1nc(C)cs1. The third-order valence-electron chi connectivity index (χ3n) is 4.47. The number of rotatable bonds is 3. The Morgan fingerprint density at radius 3 is 2.70 bits per heavy atom. The van der Waals surface area contributed by atoms with Gasteiger partial charge in [0.25, 0.3) is 0 Å². The largest absolute Gasteiger partial charge is 0.311 e. The highest BCUT2D eigenvalue weighted by Gasteiger charge is 2.36. The van der Waals surface area contributed by atoms with Crippen molar-refractivity contribution in [3.05, 3.63) is 16.1 Å². The number of nitrogens with one attached hydrogen (secondary N) is 1. The second-order valence-electron chi connectivity index (χ2n) is 7.09. The Labute approximate surface area is 127 Å². The van der Waals surface area contributed by atoms with Gasteiger partial charge in [0.1, 0.15) is 5.01 Å². The molecule has 3 unspecified atom stereocenters. The molecule has 0 aliphatic carbocycles.